The SMILES string of the molecule is Cc1ccc(OCc2nnc(SCC(=O)Nc3cccc4ccccc34)n2C)cc1. The average molecular weight is 419 g/mol. The van der Waals surface area contributed by atoms with E-state index in [0.717, 1.165) is 22.2 Å². The lowest BCUT2D eigenvalue weighted by atomic mass is 10.1. The van der Waals surface area contributed by atoms with Gasteiger partial charge in [0.2, 0.25) is 5.91 Å². The van der Waals surface area contributed by atoms with E-state index in [0.29, 0.717) is 17.6 Å². The summed E-state index contributed by atoms with van der Waals surface area (Å²) in [6, 6.07) is 21.7. The number of thioether (sulfide) groups is 1. The topological polar surface area (TPSA) is 69.0 Å². The van der Waals surface area contributed by atoms with Crippen molar-refractivity contribution in [3.05, 3.63) is 78.1 Å². The van der Waals surface area contributed by atoms with Crippen molar-refractivity contribution in [1.29, 1.82) is 0 Å². The van der Waals surface area contributed by atoms with Crippen LogP contribution in [0.4, 0.5) is 5.69 Å². The molecule has 1 N–H and O–H groups in total. The predicted molar refractivity (Wildman–Crippen MR) is 120 cm³/mol. The number of benzene rings is 3. The highest BCUT2D eigenvalue weighted by Gasteiger charge is 2.13. The Kier molecular flexibility index (Phi) is 5.99. The number of aryl methyl sites for hydroxylation is 1. The number of amides is 1. The largest absolute Gasteiger partial charge is 0.486 e. The second-order valence-corrected chi connectivity index (χ2v) is 7.87. The van der Waals surface area contributed by atoms with Gasteiger partial charge in [0.1, 0.15) is 12.4 Å². The fraction of sp³-hybridized carbons (Fsp3) is 0.174. The number of fused-ring (bicyclic) bond motifs is 1. The molecule has 1 heterocycles. The number of carbonyl (C=O) groups excluding carboxylic acids is 1. The highest BCUT2D eigenvalue weighted by molar-refractivity contribution is 7.99. The molecule has 0 bridgehead atoms. The Labute approximate surface area is 179 Å². The van der Waals surface area contributed by atoms with Gasteiger partial charge in [-0.2, -0.15) is 0 Å². The third kappa shape index (κ3) is 4.63. The van der Waals surface area contributed by atoms with Gasteiger partial charge in [0.05, 0.1) is 5.75 Å². The van der Waals surface area contributed by atoms with Gasteiger partial charge in [-0.25, -0.2) is 0 Å². The van der Waals surface area contributed by atoms with Crippen LogP contribution in [-0.2, 0) is 18.4 Å². The van der Waals surface area contributed by atoms with E-state index in [1.165, 1.54) is 17.3 Å². The molecule has 0 unspecified atom stereocenters. The molecule has 0 fully saturated rings. The van der Waals surface area contributed by atoms with Gasteiger partial charge < -0.3 is 14.6 Å². The summed E-state index contributed by atoms with van der Waals surface area (Å²) in [4.78, 5) is 12.5. The molecular formula is C23H22N4O2S. The molecular weight excluding hydrogens is 396 g/mol. The Morgan fingerprint density at radius 2 is 1.80 bits per heavy atom. The standard InChI is InChI=1S/C23H22N4O2S/c1-16-10-12-18(13-11-16)29-14-21-25-26-23(27(21)2)30-15-22(28)24-20-9-5-7-17-6-3-4-8-19(17)20/h3-13H,14-15H2,1-2H3,(H,24,28). The maximum atomic E-state index is 12.5. The number of rotatable bonds is 7. The summed E-state index contributed by atoms with van der Waals surface area (Å²) in [5, 5.41) is 14.1. The van der Waals surface area contributed by atoms with Crippen LogP contribution in [0, 0.1) is 6.92 Å². The molecule has 0 saturated heterocycles. The Balaban J connectivity index is 1.34. The Bertz CT molecular complexity index is 1170. The molecule has 30 heavy (non-hydrogen) atoms. The highest BCUT2D eigenvalue weighted by atomic mass is 32.2. The second kappa shape index (κ2) is 9.00. The molecule has 7 heteroatoms. The van der Waals surface area contributed by atoms with E-state index in [9.17, 15) is 4.79 Å². The normalized spacial score (nSPS) is 10.9. The number of hydrogen-bond donors (Lipinski definition) is 1. The van der Waals surface area contributed by atoms with E-state index in [-0.39, 0.29) is 11.7 Å². The van der Waals surface area contributed by atoms with Crippen LogP contribution in [0.3, 0.4) is 0 Å². The van der Waals surface area contributed by atoms with E-state index >= 15 is 0 Å². The Hall–Kier alpha value is -3.32. The van der Waals surface area contributed by atoms with Gasteiger partial charge >= 0.3 is 0 Å². The van der Waals surface area contributed by atoms with E-state index in [1.54, 1.807) is 0 Å². The molecule has 0 aliphatic heterocycles. The third-order valence-electron chi connectivity index (χ3n) is 4.71. The summed E-state index contributed by atoms with van der Waals surface area (Å²) in [6.45, 7) is 2.35. The summed E-state index contributed by atoms with van der Waals surface area (Å²) in [7, 11) is 1.87. The number of anilines is 1. The first-order chi connectivity index (χ1) is 14.6. The lowest BCUT2D eigenvalue weighted by Gasteiger charge is -2.09. The van der Waals surface area contributed by atoms with E-state index < -0.39 is 0 Å². The molecule has 0 spiro atoms. The molecule has 0 radical (unpaired) electrons. The van der Waals surface area contributed by atoms with Gasteiger partial charge in [-0.1, -0.05) is 65.9 Å². The van der Waals surface area contributed by atoms with Gasteiger partial charge in [-0.05, 0) is 30.5 Å². The van der Waals surface area contributed by atoms with E-state index in [4.69, 9.17) is 4.74 Å². The molecule has 4 aromatic rings. The van der Waals surface area contributed by atoms with Crippen LogP contribution in [0.25, 0.3) is 10.8 Å². The molecule has 0 aliphatic rings. The lowest BCUT2D eigenvalue weighted by molar-refractivity contribution is -0.113. The van der Waals surface area contributed by atoms with Gasteiger partial charge in [-0.3, -0.25) is 4.79 Å². The maximum Gasteiger partial charge on any atom is 0.234 e. The summed E-state index contributed by atoms with van der Waals surface area (Å²) in [5.74, 6) is 1.64. The van der Waals surface area contributed by atoms with Crippen molar-refractivity contribution >= 4 is 34.1 Å². The quantitative estimate of drug-likeness (QED) is 0.445. The van der Waals surface area contributed by atoms with Crippen LogP contribution in [0.15, 0.2) is 71.9 Å². The minimum Gasteiger partial charge on any atom is -0.486 e. The molecule has 6 nitrogen and oxygen atoms in total. The zero-order chi connectivity index (χ0) is 20.9. The number of ether oxygens (including phenoxy) is 1. The van der Waals surface area contributed by atoms with Crippen LogP contribution < -0.4 is 10.1 Å². The third-order valence-corrected chi connectivity index (χ3v) is 5.73. The highest BCUT2D eigenvalue weighted by Crippen LogP contribution is 2.24. The average Bonchev–Trinajstić information content (AvgIpc) is 3.11. The van der Waals surface area contributed by atoms with Crippen molar-refractivity contribution in [3.63, 3.8) is 0 Å². The Morgan fingerprint density at radius 1 is 1.03 bits per heavy atom. The first kappa shape index (κ1) is 20.0. The van der Waals surface area contributed by atoms with Gasteiger partial charge in [0, 0.05) is 18.1 Å². The van der Waals surface area contributed by atoms with Gasteiger partial charge in [0.25, 0.3) is 0 Å². The minimum absolute atomic E-state index is 0.0863. The van der Waals surface area contributed by atoms with Crippen molar-refractivity contribution in [2.24, 2.45) is 7.05 Å². The summed E-state index contributed by atoms with van der Waals surface area (Å²) in [5.41, 5.74) is 1.99. The van der Waals surface area contributed by atoms with Crippen LogP contribution >= 0.6 is 11.8 Å². The monoisotopic (exact) mass is 418 g/mol. The zero-order valence-electron chi connectivity index (χ0n) is 16.8. The number of nitrogens with one attached hydrogen (secondary N) is 1. The van der Waals surface area contributed by atoms with Crippen molar-refractivity contribution in [1.82, 2.24) is 14.8 Å². The molecule has 3 aromatic carbocycles. The molecule has 0 saturated carbocycles. The van der Waals surface area contributed by atoms with E-state index in [1.807, 2.05) is 85.3 Å². The van der Waals surface area contributed by atoms with Crippen molar-refractivity contribution in [3.8, 4) is 5.75 Å². The summed E-state index contributed by atoms with van der Waals surface area (Å²) < 4.78 is 7.63. The number of aromatic nitrogens is 3. The van der Waals surface area contributed by atoms with Crippen molar-refractivity contribution in [2.45, 2.75) is 18.7 Å². The van der Waals surface area contributed by atoms with Crippen molar-refractivity contribution in [2.75, 3.05) is 11.1 Å². The van der Waals surface area contributed by atoms with Crippen LogP contribution in [0.2, 0.25) is 0 Å². The second-order valence-electron chi connectivity index (χ2n) is 6.92. The van der Waals surface area contributed by atoms with E-state index in [2.05, 4.69) is 15.5 Å². The van der Waals surface area contributed by atoms with Crippen LogP contribution in [-0.4, -0.2) is 26.4 Å². The zero-order valence-corrected chi connectivity index (χ0v) is 17.6. The molecule has 0 atom stereocenters. The Morgan fingerprint density at radius 3 is 2.63 bits per heavy atom. The predicted octanol–water partition coefficient (Wildman–Crippen LogP) is 4.59. The summed E-state index contributed by atoms with van der Waals surface area (Å²) >= 11 is 1.35. The number of nitrogens with zero attached hydrogens (tertiary/aromatic N) is 3. The fourth-order valence-corrected chi connectivity index (χ4v) is 3.76. The van der Waals surface area contributed by atoms with Gasteiger partial charge in [0.15, 0.2) is 11.0 Å². The molecule has 0 aliphatic carbocycles. The molecule has 1 amide bonds. The van der Waals surface area contributed by atoms with Crippen LogP contribution in [0.1, 0.15) is 11.4 Å². The number of carbonyl (C=O) groups is 1. The molecule has 4 rings (SSSR count). The first-order valence-corrected chi connectivity index (χ1v) is 10.6. The number of hydrogen-bond acceptors (Lipinski definition) is 5. The maximum absolute atomic E-state index is 12.5. The first-order valence-electron chi connectivity index (χ1n) is 9.58. The lowest BCUT2D eigenvalue weighted by Crippen LogP contribution is -2.14. The van der Waals surface area contributed by atoms with Crippen molar-refractivity contribution < 1.29 is 9.53 Å². The molecule has 1 aromatic heterocycles. The molecule has 152 valence electrons. The summed E-state index contributed by atoms with van der Waals surface area (Å²) in [6.07, 6.45) is 0. The minimum atomic E-state index is -0.0863. The van der Waals surface area contributed by atoms with Crippen LogP contribution in [0.5, 0.6) is 5.75 Å². The fourth-order valence-electron chi connectivity index (χ4n) is 3.03. The van der Waals surface area contributed by atoms with Gasteiger partial charge in [-0.15, -0.1) is 10.2 Å². The smallest absolute Gasteiger partial charge is 0.234 e.